The van der Waals surface area contributed by atoms with Crippen molar-refractivity contribution in [2.45, 2.75) is 19.9 Å². The SMILES string of the molecule is C[C@H](C#N)[C@@H](C)n1cc(C(N)=O)c(Nc2ccccc2)n1. The number of rotatable bonds is 5. The summed E-state index contributed by atoms with van der Waals surface area (Å²) in [7, 11) is 0. The number of nitriles is 1. The molecule has 1 amide bonds. The number of amides is 1. The number of hydrogen-bond acceptors (Lipinski definition) is 4. The number of primary amides is 1. The fourth-order valence-corrected chi connectivity index (χ4v) is 1.87. The van der Waals surface area contributed by atoms with Crippen LogP contribution in [0.2, 0.25) is 0 Å². The van der Waals surface area contributed by atoms with E-state index in [0.29, 0.717) is 11.4 Å². The van der Waals surface area contributed by atoms with Crippen LogP contribution in [0.25, 0.3) is 0 Å². The smallest absolute Gasteiger partial charge is 0.254 e. The third-order valence-corrected chi connectivity index (χ3v) is 3.38. The molecule has 0 fully saturated rings. The Balaban J connectivity index is 2.34. The average Bonchev–Trinajstić information content (AvgIpc) is 2.90. The Labute approximate surface area is 123 Å². The molecule has 0 bridgehead atoms. The molecular formula is C15H17N5O. The minimum Gasteiger partial charge on any atom is -0.365 e. The Bertz CT molecular complexity index is 671. The summed E-state index contributed by atoms with van der Waals surface area (Å²) in [5.74, 6) is -0.391. The molecule has 0 saturated carbocycles. The Morgan fingerprint density at radius 1 is 1.38 bits per heavy atom. The zero-order chi connectivity index (χ0) is 15.4. The summed E-state index contributed by atoms with van der Waals surface area (Å²) in [5, 5.41) is 16.4. The number of para-hydroxylation sites is 1. The van der Waals surface area contributed by atoms with Crippen molar-refractivity contribution in [2.75, 3.05) is 5.32 Å². The van der Waals surface area contributed by atoms with Crippen LogP contribution in [-0.2, 0) is 0 Å². The largest absolute Gasteiger partial charge is 0.365 e. The molecule has 3 N–H and O–H groups in total. The van der Waals surface area contributed by atoms with Gasteiger partial charge in [0.2, 0.25) is 0 Å². The number of hydrogen-bond donors (Lipinski definition) is 2. The number of nitrogens with zero attached hydrogens (tertiary/aromatic N) is 3. The molecule has 2 aromatic rings. The average molecular weight is 283 g/mol. The summed E-state index contributed by atoms with van der Waals surface area (Å²) in [6, 6.07) is 11.4. The van der Waals surface area contributed by atoms with Crippen LogP contribution in [0.15, 0.2) is 36.5 Å². The number of aromatic nitrogens is 2. The predicted molar refractivity (Wildman–Crippen MR) is 80.0 cm³/mol. The Kier molecular flexibility index (Phi) is 4.24. The standard InChI is InChI=1S/C15H17N5O/c1-10(8-16)11(2)20-9-13(14(17)21)15(19-20)18-12-6-4-3-5-7-12/h3-7,9-11H,1-2H3,(H2,17,21)(H,18,19)/t10-,11-/m1/s1. The van der Waals surface area contributed by atoms with Gasteiger partial charge in [-0.05, 0) is 26.0 Å². The number of nitrogens with two attached hydrogens (primary N) is 1. The van der Waals surface area contributed by atoms with Crippen molar-refractivity contribution in [3.8, 4) is 6.07 Å². The van der Waals surface area contributed by atoms with E-state index < -0.39 is 5.91 Å². The Hall–Kier alpha value is -2.81. The summed E-state index contributed by atoms with van der Waals surface area (Å²) in [5.41, 5.74) is 6.51. The Morgan fingerprint density at radius 2 is 2.05 bits per heavy atom. The molecule has 0 radical (unpaired) electrons. The van der Waals surface area contributed by atoms with E-state index in [1.165, 1.54) is 0 Å². The second-order valence-electron chi connectivity index (χ2n) is 4.89. The van der Waals surface area contributed by atoms with Crippen molar-refractivity contribution in [1.82, 2.24) is 9.78 Å². The molecule has 6 nitrogen and oxygen atoms in total. The summed E-state index contributed by atoms with van der Waals surface area (Å²) in [6.07, 6.45) is 1.58. The van der Waals surface area contributed by atoms with Crippen LogP contribution < -0.4 is 11.1 Å². The number of benzene rings is 1. The van der Waals surface area contributed by atoms with E-state index in [9.17, 15) is 4.79 Å². The maximum Gasteiger partial charge on any atom is 0.254 e. The van der Waals surface area contributed by atoms with Crippen molar-refractivity contribution < 1.29 is 4.79 Å². The molecule has 2 rings (SSSR count). The van der Waals surface area contributed by atoms with Gasteiger partial charge in [-0.3, -0.25) is 9.48 Å². The molecule has 6 heteroatoms. The number of nitrogens with one attached hydrogen (secondary N) is 1. The van der Waals surface area contributed by atoms with Crippen LogP contribution >= 0.6 is 0 Å². The van der Waals surface area contributed by atoms with Gasteiger partial charge in [0.25, 0.3) is 5.91 Å². The normalized spacial score (nSPS) is 13.2. The molecule has 1 heterocycles. The van der Waals surface area contributed by atoms with E-state index in [-0.39, 0.29) is 12.0 Å². The molecule has 0 aliphatic rings. The van der Waals surface area contributed by atoms with Gasteiger partial charge in [0.05, 0.1) is 18.0 Å². The third-order valence-electron chi connectivity index (χ3n) is 3.38. The maximum absolute atomic E-state index is 11.6. The second kappa shape index (κ2) is 6.09. The Morgan fingerprint density at radius 3 is 2.62 bits per heavy atom. The van der Waals surface area contributed by atoms with Gasteiger partial charge in [0.15, 0.2) is 5.82 Å². The van der Waals surface area contributed by atoms with Crippen LogP contribution in [0.4, 0.5) is 11.5 Å². The maximum atomic E-state index is 11.6. The first-order chi connectivity index (χ1) is 10.0. The number of carbonyl (C=O) groups is 1. The molecule has 0 saturated heterocycles. The molecular weight excluding hydrogens is 266 g/mol. The van der Waals surface area contributed by atoms with E-state index in [1.54, 1.807) is 17.8 Å². The fourth-order valence-electron chi connectivity index (χ4n) is 1.87. The lowest BCUT2D eigenvalue weighted by molar-refractivity contribution is 0.100. The van der Waals surface area contributed by atoms with E-state index in [0.717, 1.165) is 5.69 Å². The van der Waals surface area contributed by atoms with Crippen LogP contribution in [0.5, 0.6) is 0 Å². The summed E-state index contributed by atoms with van der Waals surface area (Å²) in [6.45, 7) is 3.68. The quantitative estimate of drug-likeness (QED) is 0.880. The summed E-state index contributed by atoms with van der Waals surface area (Å²) < 4.78 is 1.60. The van der Waals surface area contributed by atoms with E-state index >= 15 is 0 Å². The first-order valence-electron chi connectivity index (χ1n) is 6.63. The lowest BCUT2D eigenvalue weighted by Crippen LogP contribution is -2.14. The lowest BCUT2D eigenvalue weighted by Gasteiger charge is -2.13. The molecule has 1 aromatic heterocycles. The van der Waals surface area contributed by atoms with E-state index in [4.69, 9.17) is 11.0 Å². The molecule has 0 aliphatic heterocycles. The highest BCUT2D eigenvalue weighted by Crippen LogP contribution is 2.23. The zero-order valence-electron chi connectivity index (χ0n) is 11.9. The second-order valence-corrected chi connectivity index (χ2v) is 4.89. The van der Waals surface area contributed by atoms with Gasteiger partial charge < -0.3 is 11.1 Å². The highest BCUT2D eigenvalue weighted by Gasteiger charge is 2.20. The van der Waals surface area contributed by atoms with Gasteiger partial charge >= 0.3 is 0 Å². The predicted octanol–water partition coefficient (Wildman–Crippen LogP) is 2.45. The number of anilines is 2. The van der Waals surface area contributed by atoms with Crippen LogP contribution in [0.1, 0.15) is 30.2 Å². The van der Waals surface area contributed by atoms with Gasteiger partial charge in [-0.1, -0.05) is 18.2 Å². The van der Waals surface area contributed by atoms with Gasteiger partial charge in [-0.25, -0.2) is 0 Å². The minimum absolute atomic E-state index is 0.153. The molecule has 2 atom stereocenters. The van der Waals surface area contributed by atoms with Crippen LogP contribution in [-0.4, -0.2) is 15.7 Å². The fraction of sp³-hybridized carbons (Fsp3) is 0.267. The first kappa shape index (κ1) is 14.6. The third kappa shape index (κ3) is 3.20. The first-order valence-corrected chi connectivity index (χ1v) is 6.63. The van der Waals surface area contributed by atoms with E-state index in [1.807, 2.05) is 37.3 Å². The minimum atomic E-state index is -0.559. The highest BCUT2D eigenvalue weighted by molar-refractivity contribution is 5.98. The van der Waals surface area contributed by atoms with Gasteiger partial charge in [-0.2, -0.15) is 10.4 Å². The van der Waals surface area contributed by atoms with Crippen LogP contribution in [0.3, 0.4) is 0 Å². The summed E-state index contributed by atoms with van der Waals surface area (Å²) in [4.78, 5) is 11.6. The lowest BCUT2D eigenvalue weighted by atomic mass is 10.1. The zero-order valence-corrected chi connectivity index (χ0v) is 11.9. The van der Waals surface area contributed by atoms with Gasteiger partial charge in [-0.15, -0.1) is 0 Å². The highest BCUT2D eigenvalue weighted by atomic mass is 16.1. The molecule has 21 heavy (non-hydrogen) atoms. The topological polar surface area (TPSA) is 96.7 Å². The molecule has 1 aromatic carbocycles. The van der Waals surface area contributed by atoms with Crippen molar-refractivity contribution in [2.24, 2.45) is 11.7 Å². The van der Waals surface area contributed by atoms with Crippen LogP contribution in [0, 0.1) is 17.2 Å². The molecule has 108 valence electrons. The van der Waals surface area contributed by atoms with Gasteiger partial charge in [0.1, 0.15) is 5.56 Å². The molecule has 0 unspecified atom stereocenters. The van der Waals surface area contributed by atoms with Crippen molar-refractivity contribution >= 4 is 17.4 Å². The van der Waals surface area contributed by atoms with Gasteiger partial charge in [0, 0.05) is 11.9 Å². The van der Waals surface area contributed by atoms with E-state index in [2.05, 4.69) is 16.5 Å². The summed E-state index contributed by atoms with van der Waals surface area (Å²) >= 11 is 0. The number of carbonyl (C=O) groups excluding carboxylic acids is 1. The molecule has 0 aliphatic carbocycles. The molecule has 0 spiro atoms. The van der Waals surface area contributed by atoms with Crippen molar-refractivity contribution in [3.05, 3.63) is 42.1 Å². The van der Waals surface area contributed by atoms with Crippen molar-refractivity contribution in [1.29, 1.82) is 5.26 Å². The monoisotopic (exact) mass is 283 g/mol. The van der Waals surface area contributed by atoms with Crippen molar-refractivity contribution in [3.63, 3.8) is 0 Å².